The summed E-state index contributed by atoms with van der Waals surface area (Å²) in [6.07, 6.45) is 2.60. The zero-order valence-corrected chi connectivity index (χ0v) is 10.7. The fraction of sp³-hybridized carbons (Fsp3) is 0.571. The van der Waals surface area contributed by atoms with Crippen molar-refractivity contribution in [3.05, 3.63) is 24.3 Å². The van der Waals surface area contributed by atoms with E-state index in [-0.39, 0.29) is 0 Å². The second-order valence-corrected chi connectivity index (χ2v) is 4.78. The van der Waals surface area contributed by atoms with Gasteiger partial charge in [-0.15, -0.1) is 0 Å². The molecule has 1 aliphatic heterocycles. The third kappa shape index (κ3) is 3.37. The summed E-state index contributed by atoms with van der Waals surface area (Å²) in [6.45, 7) is 8.09. The van der Waals surface area contributed by atoms with Crippen LogP contribution >= 0.6 is 0 Å². The van der Waals surface area contributed by atoms with E-state index in [1.165, 1.54) is 38.2 Å². The summed E-state index contributed by atoms with van der Waals surface area (Å²) in [5.74, 6) is 0. The van der Waals surface area contributed by atoms with E-state index in [4.69, 9.17) is 5.73 Å². The summed E-state index contributed by atoms with van der Waals surface area (Å²) in [4.78, 5) is 4.99. The SMILES string of the molecule is CCCCN1CCN(c2cccc(N)c2)CC1. The Hall–Kier alpha value is -1.22. The summed E-state index contributed by atoms with van der Waals surface area (Å²) >= 11 is 0. The molecule has 1 saturated heterocycles. The lowest BCUT2D eigenvalue weighted by Gasteiger charge is -2.36. The van der Waals surface area contributed by atoms with Gasteiger partial charge in [0.25, 0.3) is 0 Å². The summed E-state index contributed by atoms with van der Waals surface area (Å²) in [5.41, 5.74) is 7.94. The maximum Gasteiger partial charge on any atom is 0.0387 e. The van der Waals surface area contributed by atoms with Crippen LogP contribution in [0.3, 0.4) is 0 Å². The van der Waals surface area contributed by atoms with Crippen LogP contribution < -0.4 is 10.6 Å². The van der Waals surface area contributed by atoms with E-state index < -0.39 is 0 Å². The quantitative estimate of drug-likeness (QED) is 0.809. The molecule has 17 heavy (non-hydrogen) atoms. The summed E-state index contributed by atoms with van der Waals surface area (Å²) < 4.78 is 0. The lowest BCUT2D eigenvalue weighted by molar-refractivity contribution is 0.254. The number of piperazine rings is 1. The third-order valence-corrected chi connectivity index (χ3v) is 3.44. The largest absolute Gasteiger partial charge is 0.399 e. The van der Waals surface area contributed by atoms with Gasteiger partial charge in [-0.2, -0.15) is 0 Å². The molecule has 3 heteroatoms. The molecular weight excluding hydrogens is 210 g/mol. The van der Waals surface area contributed by atoms with Crippen molar-refractivity contribution in [3.63, 3.8) is 0 Å². The Morgan fingerprint density at radius 3 is 2.59 bits per heavy atom. The summed E-state index contributed by atoms with van der Waals surface area (Å²) in [7, 11) is 0. The first-order chi connectivity index (χ1) is 8.29. The van der Waals surface area contributed by atoms with Crippen LogP contribution in [-0.2, 0) is 0 Å². The maximum atomic E-state index is 5.82. The first kappa shape index (κ1) is 12.2. The molecule has 1 aliphatic rings. The van der Waals surface area contributed by atoms with Crippen LogP contribution in [0.2, 0.25) is 0 Å². The van der Waals surface area contributed by atoms with Gasteiger partial charge in [-0.3, -0.25) is 4.90 Å². The molecule has 3 nitrogen and oxygen atoms in total. The lowest BCUT2D eigenvalue weighted by atomic mass is 10.2. The van der Waals surface area contributed by atoms with Crippen molar-refractivity contribution in [1.29, 1.82) is 0 Å². The van der Waals surface area contributed by atoms with E-state index >= 15 is 0 Å². The fourth-order valence-corrected chi connectivity index (χ4v) is 2.33. The minimum atomic E-state index is 0.857. The Balaban J connectivity index is 1.86. The molecule has 1 aromatic rings. The molecule has 0 bridgehead atoms. The van der Waals surface area contributed by atoms with Gasteiger partial charge in [-0.25, -0.2) is 0 Å². The zero-order chi connectivity index (χ0) is 12.1. The number of rotatable bonds is 4. The predicted molar refractivity (Wildman–Crippen MR) is 74.4 cm³/mol. The standard InChI is InChI=1S/C14H23N3/c1-2-3-7-16-8-10-17(11-9-16)14-6-4-5-13(15)12-14/h4-6,12H,2-3,7-11,15H2,1H3. The highest BCUT2D eigenvalue weighted by Crippen LogP contribution is 2.19. The molecule has 1 heterocycles. The van der Waals surface area contributed by atoms with Gasteiger partial charge in [0.05, 0.1) is 0 Å². The Morgan fingerprint density at radius 1 is 1.18 bits per heavy atom. The van der Waals surface area contributed by atoms with Gasteiger partial charge in [0.2, 0.25) is 0 Å². The minimum absolute atomic E-state index is 0.857. The molecule has 1 aromatic carbocycles. The van der Waals surface area contributed by atoms with Gasteiger partial charge in [0, 0.05) is 37.6 Å². The van der Waals surface area contributed by atoms with Crippen molar-refractivity contribution in [2.75, 3.05) is 43.4 Å². The molecular formula is C14H23N3. The molecule has 0 aliphatic carbocycles. The number of unbranched alkanes of at least 4 members (excludes halogenated alkanes) is 1. The molecule has 0 atom stereocenters. The predicted octanol–water partition coefficient (Wildman–Crippen LogP) is 2.19. The number of nitrogens with two attached hydrogens (primary N) is 1. The highest BCUT2D eigenvalue weighted by Gasteiger charge is 2.16. The van der Waals surface area contributed by atoms with Crippen LogP contribution in [0.25, 0.3) is 0 Å². The average molecular weight is 233 g/mol. The summed E-state index contributed by atoms with van der Waals surface area (Å²) in [6, 6.07) is 8.20. The van der Waals surface area contributed by atoms with Gasteiger partial charge in [-0.05, 0) is 31.2 Å². The monoisotopic (exact) mass is 233 g/mol. The van der Waals surface area contributed by atoms with E-state index in [0.29, 0.717) is 0 Å². The number of nitrogens with zero attached hydrogens (tertiary/aromatic N) is 2. The average Bonchev–Trinajstić information content (AvgIpc) is 2.37. The normalized spacial score (nSPS) is 17.4. The van der Waals surface area contributed by atoms with Crippen molar-refractivity contribution in [1.82, 2.24) is 4.90 Å². The number of hydrogen-bond donors (Lipinski definition) is 1. The summed E-state index contributed by atoms with van der Waals surface area (Å²) in [5, 5.41) is 0. The van der Waals surface area contributed by atoms with E-state index in [1.807, 2.05) is 12.1 Å². The van der Waals surface area contributed by atoms with E-state index in [9.17, 15) is 0 Å². The molecule has 0 unspecified atom stereocenters. The second-order valence-electron chi connectivity index (χ2n) is 4.78. The zero-order valence-electron chi connectivity index (χ0n) is 10.7. The number of benzene rings is 1. The number of nitrogen functional groups attached to an aromatic ring is 1. The first-order valence-electron chi connectivity index (χ1n) is 6.62. The Kier molecular flexibility index (Phi) is 4.26. The molecule has 0 radical (unpaired) electrons. The highest BCUT2D eigenvalue weighted by atomic mass is 15.3. The Labute approximate surface area is 104 Å². The van der Waals surface area contributed by atoms with E-state index in [2.05, 4.69) is 28.9 Å². The van der Waals surface area contributed by atoms with Crippen molar-refractivity contribution < 1.29 is 0 Å². The van der Waals surface area contributed by atoms with Gasteiger partial charge in [-0.1, -0.05) is 19.4 Å². The molecule has 0 aromatic heterocycles. The topological polar surface area (TPSA) is 32.5 Å². The lowest BCUT2D eigenvalue weighted by Crippen LogP contribution is -2.46. The number of hydrogen-bond acceptors (Lipinski definition) is 3. The van der Waals surface area contributed by atoms with Crippen LogP contribution in [0.5, 0.6) is 0 Å². The van der Waals surface area contributed by atoms with E-state index in [0.717, 1.165) is 18.8 Å². The Morgan fingerprint density at radius 2 is 1.94 bits per heavy atom. The molecule has 0 saturated carbocycles. The van der Waals surface area contributed by atoms with Crippen molar-refractivity contribution in [3.8, 4) is 0 Å². The van der Waals surface area contributed by atoms with Gasteiger partial charge >= 0.3 is 0 Å². The highest BCUT2D eigenvalue weighted by molar-refractivity contribution is 5.56. The van der Waals surface area contributed by atoms with Crippen LogP contribution in [-0.4, -0.2) is 37.6 Å². The molecule has 2 N–H and O–H groups in total. The van der Waals surface area contributed by atoms with Crippen LogP contribution in [0.15, 0.2) is 24.3 Å². The van der Waals surface area contributed by atoms with Crippen molar-refractivity contribution in [2.45, 2.75) is 19.8 Å². The van der Waals surface area contributed by atoms with Gasteiger partial charge in [0.1, 0.15) is 0 Å². The maximum absolute atomic E-state index is 5.82. The third-order valence-electron chi connectivity index (χ3n) is 3.44. The van der Waals surface area contributed by atoms with Gasteiger partial charge in [0.15, 0.2) is 0 Å². The van der Waals surface area contributed by atoms with Crippen molar-refractivity contribution >= 4 is 11.4 Å². The van der Waals surface area contributed by atoms with Crippen LogP contribution in [0.4, 0.5) is 11.4 Å². The molecule has 94 valence electrons. The molecule has 0 spiro atoms. The van der Waals surface area contributed by atoms with Crippen LogP contribution in [0, 0.1) is 0 Å². The van der Waals surface area contributed by atoms with E-state index in [1.54, 1.807) is 0 Å². The first-order valence-corrected chi connectivity index (χ1v) is 6.62. The van der Waals surface area contributed by atoms with Crippen LogP contribution in [0.1, 0.15) is 19.8 Å². The molecule has 2 rings (SSSR count). The molecule has 1 fully saturated rings. The Bertz CT molecular complexity index is 343. The smallest absolute Gasteiger partial charge is 0.0387 e. The second kappa shape index (κ2) is 5.92. The minimum Gasteiger partial charge on any atom is -0.399 e. The molecule has 0 amide bonds. The number of anilines is 2. The van der Waals surface area contributed by atoms with Gasteiger partial charge < -0.3 is 10.6 Å². The van der Waals surface area contributed by atoms with Crippen molar-refractivity contribution in [2.24, 2.45) is 0 Å². The fourth-order valence-electron chi connectivity index (χ4n) is 2.33.